The average Bonchev–Trinajstić information content (AvgIpc) is 3.21. The number of nitrogens with two attached hydrogens (primary N) is 1. The van der Waals surface area contributed by atoms with Crippen LogP contribution in [0.5, 0.6) is 0 Å². The van der Waals surface area contributed by atoms with Crippen molar-refractivity contribution in [1.82, 2.24) is 10.2 Å². The van der Waals surface area contributed by atoms with E-state index in [0.717, 1.165) is 32.4 Å². The van der Waals surface area contributed by atoms with Gasteiger partial charge in [-0.25, -0.2) is 0 Å². The Morgan fingerprint density at radius 1 is 1.24 bits per heavy atom. The predicted octanol–water partition coefficient (Wildman–Crippen LogP) is 2.03. The lowest BCUT2D eigenvalue weighted by Crippen LogP contribution is -2.51. The summed E-state index contributed by atoms with van der Waals surface area (Å²) in [5.74, 6) is 0.901. The van der Waals surface area contributed by atoms with E-state index in [4.69, 9.17) is 5.73 Å². The largest absolute Gasteiger partial charge is 0.340 e. The Kier molecular flexibility index (Phi) is 5.42. The topological polar surface area (TPSA) is 75.4 Å². The van der Waals surface area contributed by atoms with Crippen LogP contribution in [0.15, 0.2) is 30.3 Å². The number of hydrogen-bond donors (Lipinski definition) is 2. The molecule has 3 N–H and O–H groups in total. The second-order valence-electron chi connectivity index (χ2n) is 7.61. The Balaban J connectivity index is 1.70. The Labute approximate surface area is 150 Å². The van der Waals surface area contributed by atoms with Gasteiger partial charge in [0, 0.05) is 24.7 Å². The number of benzene rings is 1. The van der Waals surface area contributed by atoms with Crippen LogP contribution in [0.3, 0.4) is 0 Å². The van der Waals surface area contributed by atoms with Crippen molar-refractivity contribution in [3.05, 3.63) is 35.9 Å². The van der Waals surface area contributed by atoms with Gasteiger partial charge in [-0.15, -0.1) is 0 Å². The maximum absolute atomic E-state index is 13.1. The fourth-order valence-corrected chi connectivity index (χ4v) is 4.18. The lowest BCUT2D eigenvalue weighted by molar-refractivity contribution is -0.133. The molecule has 1 saturated heterocycles. The van der Waals surface area contributed by atoms with Gasteiger partial charge in [-0.3, -0.25) is 9.59 Å². The number of carbonyl (C=O) groups excluding carboxylic acids is 2. The van der Waals surface area contributed by atoms with Gasteiger partial charge in [0.05, 0.1) is 0 Å². The lowest BCUT2D eigenvalue weighted by Gasteiger charge is -2.29. The standard InChI is InChI=1S/C20H29N3O2/c1-3-13(2)18(22-19(24)14-7-5-4-6-8-14)20(25)23-11-15-9-10-17(21)16(15)12-23/h4-8,13,15-18H,3,9-12,21H2,1-2H3,(H,22,24). The van der Waals surface area contributed by atoms with Gasteiger partial charge in [0.2, 0.25) is 5.91 Å². The number of likely N-dealkylation sites (tertiary alicyclic amines) is 1. The van der Waals surface area contributed by atoms with E-state index in [1.165, 1.54) is 0 Å². The zero-order chi connectivity index (χ0) is 18.0. The van der Waals surface area contributed by atoms with Gasteiger partial charge in [0.15, 0.2) is 0 Å². The maximum Gasteiger partial charge on any atom is 0.251 e. The van der Waals surface area contributed by atoms with E-state index >= 15 is 0 Å². The van der Waals surface area contributed by atoms with Crippen LogP contribution in [0.1, 0.15) is 43.5 Å². The van der Waals surface area contributed by atoms with E-state index in [2.05, 4.69) is 5.32 Å². The Hall–Kier alpha value is -1.88. The van der Waals surface area contributed by atoms with Crippen LogP contribution >= 0.6 is 0 Å². The van der Waals surface area contributed by atoms with Gasteiger partial charge in [-0.1, -0.05) is 38.5 Å². The predicted molar refractivity (Wildman–Crippen MR) is 97.9 cm³/mol. The lowest BCUT2D eigenvalue weighted by atomic mass is 9.97. The van der Waals surface area contributed by atoms with Crippen LogP contribution in [0.2, 0.25) is 0 Å². The van der Waals surface area contributed by atoms with Crippen molar-refractivity contribution in [3.63, 3.8) is 0 Å². The van der Waals surface area contributed by atoms with Crippen molar-refractivity contribution in [1.29, 1.82) is 0 Å². The van der Waals surface area contributed by atoms with Gasteiger partial charge in [-0.05, 0) is 42.7 Å². The molecule has 25 heavy (non-hydrogen) atoms. The molecule has 1 heterocycles. The third-order valence-electron chi connectivity index (χ3n) is 6.03. The molecule has 5 nitrogen and oxygen atoms in total. The number of carbonyl (C=O) groups is 2. The summed E-state index contributed by atoms with van der Waals surface area (Å²) in [6.45, 7) is 5.59. The molecule has 0 aromatic heterocycles. The first-order valence-electron chi connectivity index (χ1n) is 9.41. The van der Waals surface area contributed by atoms with Gasteiger partial charge in [0.1, 0.15) is 6.04 Å². The zero-order valence-corrected chi connectivity index (χ0v) is 15.2. The van der Waals surface area contributed by atoms with E-state index < -0.39 is 6.04 Å². The van der Waals surface area contributed by atoms with E-state index in [-0.39, 0.29) is 23.8 Å². The van der Waals surface area contributed by atoms with Crippen molar-refractivity contribution in [2.45, 2.75) is 45.2 Å². The Bertz CT molecular complexity index is 619. The monoisotopic (exact) mass is 343 g/mol. The van der Waals surface area contributed by atoms with Gasteiger partial charge in [-0.2, -0.15) is 0 Å². The molecule has 3 rings (SSSR count). The number of hydrogen-bond acceptors (Lipinski definition) is 3. The van der Waals surface area contributed by atoms with Gasteiger partial charge < -0.3 is 16.0 Å². The van der Waals surface area contributed by atoms with Gasteiger partial charge in [0.25, 0.3) is 5.91 Å². The molecule has 2 amide bonds. The molecule has 0 radical (unpaired) electrons. The molecule has 0 spiro atoms. The fourth-order valence-electron chi connectivity index (χ4n) is 4.18. The summed E-state index contributed by atoms with van der Waals surface area (Å²) < 4.78 is 0. The molecular weight excluding hydrogens is 314 g/mol. The summed E-state index contributed by atoms with van der Waals surface area (Å²) in [7, 11) is 0. The minimum Gasteiger partial charge on any atom is -0.340 e. The first-order chi connectivity index (χ1) is 12.0. The Morgan fingerprint density at radius 3 is 2.60 bits per heavy atom. The van der Waals surface area contributed by atoms with E-state index in [9.17, 15) is 9.59 Å². The smallest absolute Gasteiger partial charge is 0.251 e. The van der Waals surface area contributed by atoms with E-state index in [1.54, 1.807) is 12.1 Å². The molecule has 1 saturated carbocycles. The summed E-state index contributed by atoms with van der Waals surface area (Å²) in [5.41, 5.74) is 6.78. The number of nitrogens with one attached hydrogen (secondary N) is 1. The van der Waals surface area contributed by atoms with E-state index in [0.29, 0.717) is 17.4 Å². The minimum absolute atomic E-state index is 0.0419. The maximum atomic E-state index is 13.1. The van der Waals surface area contributed by atoms with Crippen molar-refractivity contribution in [3.8, 4) is 0 Å². The third-order valence-corrected chi connectivity index (χ3v) is 6.03. The summed E-state index contributed by atoms with van der Waals surface area (Å²) in [6, 6.07) is 8.81. The molecule has 5 atom stereocenters. The molecular formula is C20H29N3O2. The minimum atomic E-state index is -0.479. The molecule has 1 aliphatic carbocycles. The highest BCUT2D eigenvalue weighted by molar-refractivity contribution is 5.97. The van der Waals surface area contributed by atoms with Crippen LogP contribution in [0.4, 0.5) is 0 Å². The highest BCUT2D eigenvalue weighted by atomic mass is 16.2. The first kappa shape index (κ1) is 17.9. The highest BCUT2D eigenvalue weighted by Gasteiger charge is 2.44. The first-order valence-corrected chi connectivity index (χ1v) is 9.41. The number of fused-ring (bicyclic) bond motifs is 1. The van der Waals surface area contributed by atoms with Crippen LogP contribution < -0.4 is 11.1 Å². The van der Waals surface area contributed by atoms with E-state index in [1.807, 2.05) is 36.9 Å². The molecule has 1 aliphatic heterocycles. The molecule has 1 aromatic rings. The zero-order valence-electron chi connectivity index (χ0n) is 15.2. The quantitative estimate of drug-likeness (QED) is 0.859. The van der Waals surface area contributed by atoms with Crippen LogP contribution in [-0.4, -0.2) is 41.9 Å². The van der Waals surface area contributed by atoms with Crippen LogP contribution in [0, 0.1) is 17.8 Å². The molecule has 5 unspecified atom stereocenters. The summed E-state index contributed by atoms with van der Waals surface area (Å²) >= 11 is 0. The van der Waals surface area contributed by atoms with Gasteiger partial charge >= 0.3 is 0 Å². The van der Waals surface area contributed by atoms with Crippen molar-refractivity contribution < 1.29 is 9.59 Å². The number of nitrogens with zero attached hydrogens (tertiary/aromatic N) is 1. The average molecular weight is 343 g/mol. The second kappa shape index (κ2) is 7.56. The molecule has 0 bridgehead atoms. The molecule has 2 fully saturated rings. The van der Waals surface area contributed by atoms with Crippen molar-refractivity contribution in [2.75, 3.05) is 13.1 Å². The number of amides is 2. The summed E-state index contributed by atoms with van der Waals surface area (Å²) in [6.07, 6.45) is 3.02. The highest BCUT2D eigenvalue weighted by Crippen LogP contribution is 2.37. The molecule has 136 valence electrons. The summed E-state index contributed by atoms with van der Waals surface area (Å²) in [5, 5.41) is 2.98. The van der Waals surface area contributed by atoms with Crippen molar-refractivity contribution in [2.24, 2.45) is 23.5 Å². The second-order valence-corrected chi connectivity index (χ2v) is 7.61. The van der Waals surface area contributed by atoms with Crippen molar-refractivity contribution >= 4 is 11.8 Å². The fraction of sp³-hybridized carbons (Fsp3) is 0.600. The van der Waals surface area contributed by atoms with Crippen LogP contribution in [-0.2, 0) is 4.79 Å². The SMILES string of the molecule is CCC(C)C(NC(=O)c1ccccc1)C(=O)N1CC2CCC(N)C2C1. The molecule has 2 aliphatic rings. The normalized spacial score (nSPS) is 27.6. The summed E-state index contributed by atoms with van der Waals surface area (Å²) in [4.78, 5) is 27.6. The van der Waals surface area contributed by atoms with Crippen LogP contribution in [0.25, 0.3) is 0 Å². The molecule has 1 aromatic carbocycles. The Morgan fingerprint density at radius 2 is 1.96 bits per heavy atom. The number of rotatable bonds is 5. The molecule has 5 heteroatoms. The third kappa shape index (κ3) is 3.71.